The SMILES string of the molecule is CC(OC(=O)c1cccc(N)c1)C(=O)Nc1nc(-c2ccc3ccccc3c2)cs1. The van der Waals surface area contributed by atoms with Gasteiger partial charge in [0.1, 0.15) is 0 Å². The Labute approximate surface area is 177 Å². The molecule has 0 saturated carbocycles. The minimum absolute atomic E-state index is 0.294. The molecule has 0 fully saturated rings. The molecule has 3 aromatic carbocycles. The number of hydrogen-bond acceptors (Lipinski definition) is 6. The first-order chi connectivity index (χ1) is 14.5. The van der Waals surface area contributed by atoms with Crippen LogP contribution in [0.3, 0.4) is 0 Å². The van der Waals surface area contributed by atoms with Crippen molar-refractivity contribution < 1.29 is 14.3 Å². The first kappa shape index (κ1) is 19.6. The number of ether oxygens (including phenoxy) is 1. The van der Waals surface area contributed by atoms with Crippen LogP contribution in [-0.4, -0.2) is 23.0 Å². The summed E-state index contributed by atoms with van der Waals surface area (Å²) in [5, 5.41) is 7.30. The summed E-state index contributed by atoms with van der Waals surface area (Å²) in [7, 11) is 0. The minimum Gasteiger partial charge on any atom is -0.449 e. The molecule has 0 radical (unpaired) electrons. The van der Waals surface area contributed by atoms with Crippen molar-refractivity contribution in [3.8, 4) is 11.3 Å². The molecule has 0 aliphatic heterocycles. The van der Waals surface area contributed by atoms with E-state index in [1.165, 1.54) is 24.3 Å². The Balaban J connectivity index is 1.42. The van der Waals surface area contributed by atoms with Crippen LogP contribution in [0.1, 0.15) is 17.3 Å². The summed E-state index contributed by atoms with van der Waals surface area (Å²) in [5.41, 5.74) is 8.15. The first-order valence-electron chi connectivity index (χ1n) is 9.32. The third kappa shape index (κ3) is 4.31. The number of nitrogens with one attached hydrogen (secondary N) is 1. The number of thiazole rings is 1. The number of nitrogens with two attached hydrogens (primary N) is 1. The van der Waals surface area contributed by atoms with Gasteiger partial charge in [0.2, 0.25) is 0 Å². The normalized spacial score (nSPS) is 11.8. The topological polar surface area (TPSA) is 94.3 Å². The zero-order chi connectivity index (χ0) is 21.1. The van der Waals surface area contributed by atoms with Gasteiger partial charge in [-0.2, -0.15) is 0 Å². The summed E-state index contributed by atoms with van der Waals surface area (Å²) < 4.78 is 5.24. The van der Waals surface area contributed by atoms with Crippen molar-refractivity contribution in [3.05, 3.63) is 77.7 Å². The molecule has 150 valence electrons. The lowest BCUT2D eigenvalue weighted by Crippen LogP contribution is -2.30. The second kappa shape index (κ2) is 8.34. The Hall–Kier alpha value is -3.71. The van der Waals surface area contributed by atoms with Crippen LogP contribution < -0.4 is 11.1 Å². The fourth-order valence-electron chi connectivity index (χ4n) is 2.97. The number of carbonyl (C=O) groups is 2. The van der Waals surface area contributed by atoms with Gasteiger partial charge in [-0.15, -0.1) is 11.3 Å². The molecule has 6 nitrogen and oxygen atoms in total. The molecule has 0 aliphatic carbocycles. The molecule has 0 bridgehead atoms. The lowest BCUT2D eigenvalue weighted by molar-refractivity contribution is -0.123. The van der Waals surface area contributed by atoms with E-state index in [4.69, 9.17) is 10.5 Å². The summed E-state index contributed by atoms with van der Waals surface area (Å²) in [6, 6.07) is 20.6. The Morgan fingerprint density at radius 1 is 1.03 bits per heavy atom. The third-order valence-electron chi connectivity index (χ3n) is 4.55. The van der Waals surface area contributed by atoms with Crippen LogP contribution in [0.4, 0.5) is 10.8 Å². The summed E-state index contributed by atoms with van der Waals surface area (Å²) in [5.74, 6) is -1.06. The van der Waals surface area contributed by atoms with Crippen LogP contribution in [-0.2, 0) is 9.53 Å². The molecular formula is C23H19N3O3S. The highest BCUT2D eigenvalue weighted by molar-refractivity contribution is 7.14. The van der Waals surface area contributed by atoms with Gasteiger partial charge < -0.3 is 10.5 Å². The average Bonchev–Trinajstić information content (AvgIpc) is 3.21. The molecular weight excluding hydrogens is 398 g/mol. The molecule has 0 saturated heterocycles. The molecule has 0 aliphatic rings. The highest BCUT2D eigenvalue weighted by Crippen LogP contribution is 2.28. The van der Waals surface area contributed by atoms with E-state index < -0.39 is 18.0 Å². The number of fused-ring (bicyclic) bond motifs is 1. The second-order valence-electron chi connectivity index (χ2n) is 6.76. The monoisotopic (exact) mass is 417 g/mol. The maximum absolute atomic E-state index is 12.4. The zero-order valence-corrected chi connectivity index (χ0v) is 17.0. The van der Waals surface area contributed by atoms with Gasteiger partial charge in [-0.1, -0.05) is 42.5 Å². The summed E-state index contributed by atoms with van der Waals surface area (Å²) in [6.45, 7) is 1.51. The van der Waals surface area contributed by atoms with Crippen molar-refractivity contribution >= 4 is 44.8 Å². The molecule has 30 heavy (non-hydrogen) atoms. The second-order valence-corrected chi connectivity index (χ2v) is 7.62. The molecule has 3 N–H and O–H groups in total. The van der Waals surface area contributed by atoms with Gasteiger partial charge in [-0.05, 0) is 42.0 Å². The molecule has 4 aromatic rings. The third-order valence-corrected chi connectivity index (χ3v) is 5.31. The van der Waals surface area contributed by atoms with Crippen LogP contribution in [0.2, 0.25) is 0 Å². The Kier molecular flexibility index (Phi) is 5.45. The van der Waals surface area contributed by atoms with Gasteiger partial charge >= 0.3 is 5.97 Å². The predicted molar refractivity (Wildman–Crippen MR) is 119 cm³/mol. The highest BCUT2D eigenvalue weighted by Gasteiger charge is 2.20. The number of nitrogens with zero attached hydrogens (tertiary/aromatic N) is 1. The van der Waals surface area contributed by atoms with Crippen LogP contribution in [0.25, 0.3) is 22.0 Å². The van der Waals surface area contributed by atoms with E-state index in [0.29, 0.717) is 16.4 Å². The summed E-state index contributed by atoms with van der Waals surface area (Å²) in [6.07, 6.45) is -0.980. The number of esters is 1. The zero-order valence-electron chi connectivity index (χ0n) is 16.2. The number of carbonyl (C=O) groups excluding carboxylic acids is 2. The van der Waals surface area contributed by atoms with E-state index in [-0.39, 0.29) is 0 Å². The fourth-order valence-corrected chi connectivity index (χ4v) is 3.69. The van der Waals surface area contributed by atoms with E-state index in [1.807, 2.05) is 35.7 Å². The Morgan fingerprint density at radius 3 is 2.63 bits per heavy atom. The van der Waals surface area contributed by atoms with Crippen LogP contribution >= 0.6 is 11.3 Å². The van der Waals surface area contributed by atoms with Crippen molar-refractivity contribution in [2.75, 3.05) is 11.1 Å². The van der Waals surface area contributed by atoms with Crippen LogP contribution in [0.5, 0.6) is 0 Å². The molecule has 7 heteroatoms. The predicted octanol–water partition coefficient (Wildman–Crippen LogP) is 4.73. The van der Waals surface area contributed by atoms with Gasteiger partial charge in [-0.3, -0.25) is 10.1 Å². The van der Waals surface area contributed by atoms with E-state index in [0.717, 1.165) is 22.0 Å². The first-order valence-corrected chi connectivity index (χ1v) is 10.2. The van der Waals surface area contributed by atoms with Gasteiger partial charge in [-0.25, -0.2) is 9.78 Å². The van der Waals surface area contributed by atoms with E-state index in [1.54, 1.807) is 18.2 Å². The van der Waals surface area contributed by atoms with Gasteiger partial charge in [0.15, 0.2) is 11.2 Å². The number of hydrogen-bond donors (Lipinski definition) is 2. The van der Waals surface area contributed by atoms with Crippen molar-refractivity contribution in [2.24, 2.45) is 0 Å². The number of benzene rings is 3. The lowest BCUT2D eigenvalue weighted by atomic mass is 10.1. The van der Waals surface area contributed by atoms with Crippen LogP contribution in [0.15, 0.2) is 72.1 Å². The van der Waals surface area contributed by atoms with Crippen LogP contribution in [0, 0.1) is 0 Å². The molecule has 1 atom stereocenters. The van der Waals surface area contributed by atoms with E-state index in [2.05, 4.69) is 22.4 Å². The van der Waals surface area contributed by atoms with Gasteiger partial charge in [0, 0.05) is 16.6 Å². The fraction of sp³-hybridized carbons (Fsp3) is 0.0870. The maximum Gasteiger partial charge on any atom is 0.338 e. The molecule has 1 heterocycles. The Morgan fingerprint density at radius 2 is 1.83 bits per heavy atom. The number of aromatic nitrogens is 1. The molecule has 4 rings (SSSR count). The van der Waals surface area contributed by atoms with Gasteiger partial charge in [0.05, 0.1) is 11.3 Å². The van der Waals surface area contributed by atoms with Gasteiger partial charge in [0.25, 0.3) is 5.91 Å². The standard InChI is InChI=1S/C23H19N3O3S/c1-14(29-22(28)18-7-4-8-19(24)12-18)21(27)26-23-25-20(13-30-23)17-10-9-15-5-2-3-6-16(15)11-17/h2-14H,24H2,1H3,(H,25,26,27). The number of rotatable bonds is 5. The number of anilines is 2. The van der Waals surface area contributed by atoms with Crippen molar-refractivity contribution in [1.82, 2.24) is 4.98 Å². The van der Waals surface area contributed by atoms with Crippen molar-refractivity contribution in [2.45, 2.75) is 13.0 Å². The maximum atomic E-state index is 12.4. The largest absolute Gasteiger partial charge is 0.449 e. The Bertz CT molecular complexity index is 1240. The highest BCUT2D eigenvalue weighted by atomic mass is 32.1. The molecule has 1 unspecified atom stereocenters. The van der Waals surface area contributed by atoms with Crippen molar-refractivity contribution in [3.63, 3.8) is 0 Å². The quantitative estimate of drug-likeness (QED) is 0.362. The average molecular weight is 417 g/mol. The van der Waals surface area contributed by atoms with E-state index in [9.17, 15) is 9.59 Å². The number of amides is 1. The number of nitrogen functional groups attached to an aromatic ring is 1. The van der Waals surface area contributed by atoms with E-state index >= 15 is 0 Å². The summed E-state index contributed by atoms with van der Waals surface area (Å²) >= 11 is 1.31. The van der Waals surface area contributed by atoms with Crippen molar-refractivity contribution in [1.29, 1.82) is 0 Å². The molecule has 0 spiro atoms. The smallest absolute Gasteiger partial charge is 0.338 e. The minimum atomic E-state index is -0.980. The molecule has 1 aromatic heterocycles. The lowest BCUT2D eigenvalue weighted by Gasteiger charge is -2.12. The summed E-state index contributed by atoms with van der Waals surface area (Å²) in [4.78, 5) is 29.1. The molecule has 1 amide bonds.